The molecule has 0 bridgehead atoms. The van der Waals surface area contributed by atoms with Gasteiger partial charge >= 0.3 is 6.09 Å². The summed E-state index contributed by atoms with van der Waals surface area (Å²) in [6, 6.07) is 6.36. The van der Waals surface area contributed by atoms with Crippen LogP contribution in [0.5, 0.6) is 0 Å². The van der Waals surface area contributed by atoms with Gasteiger partial charge in [-0.3, -0.25) is 9.36 Å². The maximum atomic E-state index is 13.8. The van der Waals surface area contributed by atoms with E-state index < -0.39 is 29.1 Å². The van der Waals surface area contributed by atoms with E-state index in [1.807, 2.05) is 0 Å². The maximum absolute atomic E-state index is 13.8. The van der Waals surface area contributed by atoms with Crippen molar-refractivity contribution in [3.8, 4) is 5.69 Å². The fourth-order valence-corrected chi connectivity index (χ4v) is 2.97. The van der Waals surface area contributed by atoms with E-state index in [9.17, 15) is 14.0 Å². The standard InChI is InChI=1S/C19H20ClFN4O3/c1-11(22-18(27)28-19(2,3)4)16-23-24-9-8-14(20)15(24)17(26)25(16)13-7-5-6-12(21)10-13/h5-11H,1-4H3,(H,22,27). The quantitative estimate of drug-likeness (QED) is 0.716. The van der Waals surface area contributed by atoms with E-state index in [1.54, 1.807) is 40.0 Å². The van der Waals surface area contributed by atoms with E-state index >= 15 is 0 Å². The smallest absolute Gasteiger partial charge is 0.408 e. The Balaban J connectivity index is 2.14. The van der Waals surface area contributed by atoms with Gasteiger partial charge in [0.05, 0.1) is 16.8 Å². The predicted octanol–water partition coefficient (Wildman–Crippen LogP) is 3.86. The number of aromatic nitrogens is 3. The number of amides is 1. The fraction of sp³-hybridized carbons (Fsp3) is 0.316. The molecular weight excluding hydrogens is 387 g/mol. The molecule has 0 saturated carbocycles. The summed E-state index contributed by atoms with van der Waals surface area (Å²) >= 11 is 6.12. The van der Waals surface area contributed by atoms with Gasteiger partial charge in [-0.15, -0.1) is 0 Å². The minimum Gasteiger partial charge on any atom is -0.444 e. The molecule has 3 aromatic rings. The fourth-order valence-electron chi connectivity index (χ4n) is 2.74. The molecule has 1 N–H and O–H groups in total. The van der Waals surface area contributed by atoms with Gasteiger partial charge in [-0.1, -0.05) is 17.7 Å². The van der Waals surface area contributed by atoms with Crippen molar-refractivity contribution in [1.29, 1.82) is 0 Å². The Hall–Kier alpha value is -2.87. The van der Waals surface area contributed by atoms with Gasteiger partial charge in [0, 0.05) is 6.20 Å². The summed E-state index contributed by atoms with van der Waals surface area (Å²) in [5, 5.41) is 7.29. The number of nitrogens with one attached hydrogen (secondary N) is 1. The highest BCUT2D eigenvalue weighted by Crippen LogP contribution is 2.20. The monoisotopic (exact) mass is 406 g/mol. The molecule has 0 aliphatic heterocycles. The Morgan fingerprint density at radius 2 is 2.04 bits per heavy atom. The number of hydrogen-bond acceptors (Lipinski definition) is 4. The SMILES string of the molecule is CC(NC(=O)OC(C)(C)C)c1nn2ccc(Cl)c2c(=O)n1-c1cccc(F)c1. The van der Waals surface area contributed by atoms with E-state index in [1.165, 1.54) is 33.3 Å². The number of nitrogens with zero attached hydrogens (tertiary/aromatic N) is 3. The molecule has 3 rings (SSSR count). The zero-order valence-electron chi connectivity index (χ0n) is 15.9. The van der Waals surface area contributed by atoms with Crippen LogP contribution in [0.3, 0.4) is 0 Å². The van der Waals surface area contributed by atoms with Crippen LogP contribution in [0, 0.1) is 5.82 Å². The van der Waals surface area contributed by atoms with Crippen LogP contribution in [0.2, 0.25) is 5.02 Å². The molecular formula is C19H20ClFN4O3. The van der Waals surface area contributed by atoms with Gasteiger partial charge in [0.25, 0.3) is 5.56 Å². The van der Waals surface area contributed by atoms with Gasteiger partial charge in [-0.2, -0.15) is 5.10 Å². The number of benzene rings is 1. The van der Waals surface area contributed by atoms with E-state index in [2.05, 4.69) is 10.4 Å². The van der Waals surface area contributed by atoms with Gasteiger partial charge in [0.2, 0.25) is 0 Å². The number of alkyl carbamates (subject to hydrolysis) is 1. The van der Waals surface area contributed by atoms with E-state index in [0.29, 0.717) is 0 Å². The molecule has 0 radical (unpaired) electrons. The highest BCUT2D eigenvalue weighted by Gasteiger charge is 2.23. The average molecular weight is 407 g/mol. The van der Waals surface area contributed by atoms with Gasteiger partial charge < -0.3 is 10.1 Å². The van der Waals surface area contributed by atoms with Crippen molar-refractivity contribution in [3.63, 3.8) is 0 Å². The largest absolute Gasteiger partial charge is 0.444 e. The van der Waals surface area contributed by atoms with E-state index in [-0.39, 0.29) is 22.1 Å². The molecule has 1 atom stereocenters. The number of carbonyl (C=O) groups is 1. The number of halogens is 2. The minimum atomic E-state index is -0.712. The molecule has 7 nitrogen and oxygen atoms in total. The zero-order valence-corrected chi connectivity index (χ0v) is 16.6. The highest BCUT2D eigenvalue weighted by atomic mass is 35.5. The van der Waals surface area contributed by atoms with E-state index in [0.717, 1.165) is 0 Å². The second-order valence-corrected chi connectivity index (χ2v) is 7.71. The lowest BCUT2D eigenvalue weighted by molar-refractivity contribution is 0.0505. The number of ether oxygens (including phenoxy) is 1. The lowest BCUT2D eigenvalue weighted by Gasteiger charge is -2.23. The molecule has 0 saturated heterocycles. The average Bonchev–Trinajstić information content (AvgIpc) is 2.94. The number of rotatable bonds is 3. The molecule has 1 unspecified atom stereocenters. The van der Waals surface area contributed by atoms with Crippen molar-refractivity contribution in [2.45, 2.75) is 39.3 Å². The Morgan fingerprint density at radius 1 is 1.32 bits per heavy atom. The summed E-state index contributed by atoms with van der Waals surface area (Å²) in [6.45, 7) is 6.88. The van der Waals surface area contributed by atoms with Crippen LogP contribution in [-0.4, -0.2) is 25.9 Å². The van der Waals surface area contributed by atoms with Crippen LogP contribution in [-0.2, 0) is 4.74 Å². The summed E-state index contributed by atoms with van der Waals surface area (Å²) in [4.78, 5) is 25.3. The third kappa shape index (κ3) is 4.01. The van der Waals surface area contributed by atoms with Crippen LogP contribution in [0.4, 0.5) is 9.18 Å². The van der Waals surface area contributed by atoms with Crippen molar-refractivity contribution in [2.24, 2.45) is 0 Å². The first kappa shape index (κ1) is 19.9. The van der Waals surface area contributed by atoms with Gasteiger partial charge in [0.15, 0.2) is 5.82 Å². The number of fused-ring (bicyclic) bond motifs is 1. The maximum Gasteiger partial charge on any atom is 0.408 e. The summed E-state index contributed by atoms with van der Waals surface area (Å²) in [5.41, 5.74) is -0.745. The first-order valence-electron chi connectivity index (χ1n) is 8.62. The van der Waals surface area contributed by atoms with Crippen LogP contribution in [0.15, 0.2) is 41.3 Å². The molecule has 0 aliphatic carbocycles. The molecule has 0 aliphatic rings. The molecule has 148 valence electrons. The van der Waals surface area contributed by atoms with Crippen molar-refractivity contribution in [3.05, 3.63) is 63.5 Å². The van der Waals surface area contributed by atoms with Crippen molar-refractivity contribution >= 4 is 23.2 Å². The Kier molecular flexibility index (Phi) is 5.16. The van der Waals surface area contributed by atoms with Crippen LogP contribution in [0.25, 0.3) is 11.2 Å². The first-order chi connectivity index (χ1) is 13.1. The Bertz CT molecular complexity index is 1100. The van der Waals surface area contributed by atoms with Crippen molar-refractivity contribution in [2.75, 3.05) is 0 Å². The van der Waals surface area contributed by atoms with Crippen LogP contribution >= 0.6 is 11.6 Å². The van der Waals surface area contributed by atoms with Crippen LogP contribution in [0.1, 0.15) is 39.6 Å². The second kappa shape index (κ2) is 7.27. The van der Waals surface area contributed by atoms with Crippen molar-refractivity contribution in [1.82, 2.24) is 19.5 Å². The van der Waals surface area contributed by atoms with Gasteiger partial charge in [-0.05, 0) is 52.0 Å². The summed E-state index contributed by atoms with van der Waals surface area (Å²) < 4.78 is 21.6. The molecule has 28 heavy (non-hydrogen) atoms. The molecule has 0 fully saturated rings. The molecule has 1 amide bonds. The topological polar surface area (TPSA) is 77.6 Å². The summed E-state index contributed by atoms with van der Waals surface area (Å²) in [5.74, 6) is -0.314. The normalized spacial score (nSPS) is 12.8. The first-order valence-corrected chi connectivity index (χ1v) is 9.00. The second-order valence-electron chi connectivity index (χ2n) is 7.30. The zero-order chi connectivity index (χ0) is 20.6. The van der Waals surface area contributed by atoms with E-state index in [4.69, 9.17) is 16.3 Å². The molecule has 9 heteroatoms. The lowest BCUT2D eigenvalue weighted by Crippen LogP contribution is -2.37. The lowest BCUT2D eigenvalue weighted by atomic mass is 10.2. The summed E-state index contributed by atoms with van der Waals surface area (Å²) in [7, 11) is 0. The Morgan fingerprint density at radius 3 is 2.68 bits per heavy atom. The summed E-state index contributed by atoms with van der Waals surface area (Å²) in [6.07, 6.45) is 0.879. The Labute approximate surface area is 165 Å². The molecule has 0 spiro atoms. The van der Waals surface area contributed by atoms with Crippen LogP contribution < -0.4 is 10.9 Å². The molecule has 1 aromatic carbocycles. The highest BCUT2D eigenvalue weighted by molar-refractivity contribution is 6.33. The van der Waals surface area contributed by atoms with Gasteiger partial charge in [-0.25, -0.2) is 13.7 Å². The predicted molar refractivity (Wildman–Crippen MR) is 104 cm³/mol. The minimum absolute atomic E-state index is 0.152. The third-order valence-electron chi connectivity index (χ3n) is 3.85. The number of hydrogen-bond donors (Lipinski definition) is 1. The van der Waals surface area contributed by atoms with Gasteiger partial charge in [0.1, 0.15) is 16.9 Å². The number of carbonyl (C=O) groups excluding carboxylic acids is 1. The molecule has 2 heterocycles. The molecule has 2 aromatic heterocycles. The van der Waals surface area contributed by atoms with Crippen molar-refractivity contribution < 1.29 is 13.9 Å². The third-order valence-corrected chi connectivity index (χ3v) is 4.15.